The van der Waals surface area contributed by atoms with Gasteiger partial charge in [0.2, 0.25) is 0 Å². The lowest BCUT2D eigenvalue weighted by molar-refractivity contribution is 0.213. The van der Waals surface area contributed by atoms with Crippen molar-refractivity contribution in [3.8, 4) is 22.0 Å². The van der Waals surface area contributed by atoms with Gasteiger partial charge in [-0.3, -0.25) is 0 Å². The second-order valence-corrected chi connectivity index (χ2v) is 7.17. The Balaban J connectivity index is 2.03. The number of nitrogens with zero attached hydrogens (tertiary/aromatic N) is 2. The van der Waals surface area contributed by atoms with Crippen molar-refractivity contribution in [3.63, 3.8) is 0 Å². The first-order valence-electron chi connectivity index (χ1n) is 8.42. The highest BCUT2D eigenvalue weighted by Crippen LogP contribution is 2.40. The molecule has 4 aromatic rings. The van der Waals surface area contributed by atoms with E-state index in [1.165, 1.54) is 10.9 Å². The Hall–Kier alpha value is -2.79. The highest BCUT2D eigenvalue weighted by molar-refractivity contribution is 7.13. The predicted molar refractivity (Wildman–Crippen MR) is 108 cm³/mol. The van der Waals surface area contributed by atoms with Gasteiger partial charge in [0.15, 0.2) is 0 Å². The van der Waals surface area contributed by atoms with E-state index in [1.807, 2.05) is 13.0 Å². The zero-order valence-corrected chi connectivity index (χ0v) is 16.1. The molecule has 4 nitrogen and oxygen atoms in total. The molecule has 0 spiro atoms. The number of furan rings is 1. The summed E-state index contributed by atoms with van der Waals surface area (Å²) in [4.78, 5) is 6.11. The van der Waals surface area contributed by atoms with Crippen LogP contribution in [0.5, 0.6) is 0 Å². The topological polar surface area (TPSA) is 39.7 Å². The molecule has 3 aromatic heterocycles. The van der Waals surface area contributed by atoms with Crippen molar-refractivity contribution >= 4 is 28.0 Å². The van der Waals surface area contributed by atoms with Crippen molar-refractivity contribution < 1.29 is 9.25 Å². The van der Waals surface area contributed by atoms with Gasteiger partial charge in [-0.1, -0.05) is 29.4 Å². The van der Waals surface area contributed by atoms with Gasteiger partial charge >= 0.3 is 0 Å². The minimum Gasteiger partial charge on any atom is -0.454 e. The fourth-order valence-electron chi connectivity index (χ4n) is 3.38. The molecule has 5 heteroatoms. The number of aryl methyl sites for hydroxylation is 1. The average Bonchev–Trinajstić information content (AvgIpc) is 3.35. The third-order valence-corrected chi connectivity index (χ3v) is 5.63. The molecule has 0 aliphatic heterocycles. The van der Waals surface area contributed by atoms with Gasteiger partial charge in [0.1, 0.15) is 18.6 Å². The molecular weight excluding hydrogens is 344 g/mol. The molecule has 0 N–H and O–H groups in total. The van der Waals surface area contributed by atoms with Gasteiger partial charge in [0.25, 0.3) is 0 Å². The highest BCUT2D eigenvalue weighted by Gasteiger charge is 2.23. The van der Waals surface area contributed by atoms with E-state index in [0.29, 0.717) is 0 Å². The Labute approximate surface area is 156 Å². The third kappa shape index (κ3) is 2.56. The summed E-state index contributed by atoms with van der Waals surface area (Å²) in [6.45, 7) is 4.06. The third-order valence-electron chi connectivity index (χ3n) is 4.74. The molecule has 4 rings (SSSR count). The number of rotatable bonds is 4. The summed E-state index contributed by atoms with van der Waals surface area (Å²) < 4.78 is 8.57. The van der Waals surface area contributed by atoms with Crippen LogP contribution in [0.1, 0.15) is 18.2 Å². The maximum absolute atomic E-state index is 6.38. The summed E-state index contributed by atoms with van der Waals surface area (Å²) in [6, 6.07) is 14.5. The number of benzene rings is 1. The number of hydrogen-bond donors (Lipinski definition) is 0. The Morgan fingerprint density at radius 1 is 1.19 bits per heavy atom. The largest absolute Gasteiger partial charge is 0.454 e. The molecule has 0 fully saturated rings. The van der Waals surface area contributed by atoms with Crippen LogP contribution < -0.4 is 0 Å². The van der Waals surface area contributed by atoms with E-state index in [9.17, 15) is 0 Å². The number of para-hydroxylation sites is 1. The predicted octanol–water partition coefficient (Wildman–Crippen LogP) is 5.85. The standard InChI is InChI=1S/C21H20N2O2S/c1-13(22-24-4)16-12-18(19-10-7-11-26-19)25-21(16)20-14(2)23(3)17-9-6-5-8-15(17)20/h5-12H,1-4H3/b22-13+. The Morgan fingerprint density at radius 3 is 2.73 bits per heavy atom. The molecule has 0 aliphatic carbocycles. The van der Waals surface area contributed by atoms with E-state index >= 15 is 0 Å². The summed E-state index contributed by atoms with van der Waals surface area (Å²) in [6.07, 6.45) is 0. The molecule has 0 saturated heterocycles. The van der Waals surface area contributed by atoms with Crippen molar-refractivity contribution in [2.24, 2.45) is 12.2 Å². The van der Waals surface area contributed by atoms with Gasteiger partial charge < -0.3 is 13.8 Å². The van der Waals surface area contributed by atoms with Crippen molar-refractivity contribution in [2.75, 3.05) is 7.11 Å². The van der Waals surface area contributed by atoms with Gasteiger partial charge in [0, 0.05) is 34.8 Å². The summed E-state index contributed by atoms with van der Waals surface area (Å²) in [7, 11) is 3.65. The van der Waals surface area contributed by atoms with E-state index in [1.54, 1.807) is 18.4 Å². The molecule has 0 aliphatic rings. The molecule has 0 atom stereocenters. The van der Waals surface area contributed by atoms with Gasteiger partial charge in [-0.15, -0.1) is 11.3 Å². The van der Waals surface area contributed by atoms with E-state index in [0.717, 1.165) is 38.9 Å². The molecule has 1 aromatic carbocycles. The molecule has 0 bridgehead atoms. The van der Waals surface area contributed by atoms with Crippen molar-refractivity contribution in [3.05, 3.63) is 59.1 Å². The minimum atomic E-state index is 0.793. The summed E-state index contributed by atoms with van der Waals surface area (Å²) in [5, 5.41) is 7.37. The van der Waals surface area contributed by atoms with Crippen LogP contribution in [0, 0.1) is 6.92 Å². The number of fused-ring (bicyclic) bond motifs is 1. The quantitative estimate of drug-likeness (QED) is 0.337. The molecule has 3 heterocycles. The van der Waals surface area contributed by atoms with Crippen molar-refractivity contribution in [1.29, 1.82) is 0 Å². The van der Waals surface area contributed by atoms with E-state index < -0.39 is 0 Å². The molecular formula is C21H20N2O2S. The molecule has 0 radical (unpaired) electrons. The Morgan fingerprint density at radius 2 is 2.00 bits per heavy atom. The first-order chi connectivity index (χ1) is 12.6. The van der Waals surface area contributed by atoms with Gasteiger partial charge in [-0.2, -0.15) is 0 Å². The fourth-order valence-corrected chi connectivity index (χ4v) is 4.06. The lowest BCUT2D eigenvalue weighted by Crippen LogP contribution is -1.97. The van der Waals surface area contributed by atoms with Crippen LogP contribution in [-0.4, -0.2) is 17.4 Å². The zero-order valence-electron chi connectivity index (χ0n) is 15.2. The molecule has 0 unspecified atom stereocenters. The molecule has 26 heavy (non-hydrogen) atoms. The van der Waals surface area contributed by atoms with Crippen LogP contribution in [0.3, 0.4) is 0 Å². The first kappa shape index (κ1) is 16.7. The van der Waals surface area contributed by atoms with Crippen LogP contribution in [0.2, 0.25) is 0 Å². The maximum Gasteiger partial charge on any atom is 0.146 e. The smallest absolute Gasteiger partial charge is 0.146 e. The van der Waals surface area contributed by atoms with Gasteiger partial charge in [-0.05, 0) is 37.4 Å². The average molecular weight is 364 g/mol. The zero-order chi connectivity index (χ0) is 18.3. The fraction of sp³-hybridized carbons (Fsp3) is 0.190. The van der Waals surface area contributed by atoms with E-state index in [2.05, 4.69) is 65.5 Å². The van der Waals surface area contributed by atoms with Gasteiger partial charge in [-0.25, -0.2) is 0 Å². The summed E-state index contributed by atoms with van der Waals surface area (Å²) >= 11 is 1.66. The maximum atomic E-state index is 6.38. The van der Waals surface area contributed by atoms with Crippen LogP contribution in [0.4, 0.5) is 0 Å². The Bertz CT molecular complexity index is 1100. The second-order valence-electron chi connectivity index (χ2n) is 6.23. The first-order valence-corrected chi connectivity index (χ1v) is 9.30. The van der Waals surface area contributed by atoms with Crippen molar-refractivity contribution in [1.82, 2.24) is 4.57 Å². The number of oxime groups is 1. The van der Waals surface area contributed by atoms with E-state index in [4.69, 9.17) is 9.25 Å². The lowest BCUT2D eigenvalue weighted by Gasteiger charge is -2.03. The molecule has 0 saturated carbocycles. The number of hydrogen-bond acceptors (Lipinski definition) is 4. The normalized spacial score (nSPS) is 12.1. The Kier molecular flexibility index (Phi) is 4.17. The summed E-state index contributed by atoms with van der Waals surface area (Å²) in [5.41, 5.74) is 5.19. The number of thiophene rings is 1. The van der Waals surface area contributed by atoms with E-state index in [-0.39, 0.29) is 0 Å². The van der Waals surface area contributed by atoms with Crippen LogP contribution >= 0.6 is 11.3 Å². The van der Waals surface area contributed by atoms with Crippen LogP contribution in [0.15, 0.2) is 57.4 Å². The minimum absolute atomic E-state index is 0.793. The second kappa shape index (κ2) is 6.50. The van der Waals surface area contributed by atoms with Crippen molar-refractivity contribution in [2.45, 2.75) is 13.8 Å². The molecule has 0 amide bonds. The monoisotopic (exact) mass is 364 g/mol. The SMILES string of the molecule is CO/N=C(\C)c1cc(-c2cccs2)oc1-c1c(C)n(C)c2ccccc12. The molecule has 132 valence electrons. The number of aromatic nitrogens is 1. The van der Waals surface area contributed by atoms with Gasteiger partial charge in [0.05, 0.1) is 10.6 Å². The van der Waals surface area contributed by atoms with Crippen LogP contribution in [-0.2, 0) is 11.9 Å². The highest BCUT2D eigenvalue weighted by atomic mass is 32.1. The van der Waals surface area contributed by atoms with Crippen LogP contribution in [0.25, 0.3) is 32.9 Å². The summed E-state index contributed by atoms with van der Waals surface area (Å²) in [5.74, 6) is 1.68. The lowest BCUT2D eigenvalue weighted by atomic mass is 10.0.